The molecule has 0 bridgehead atoms. The Balaban J connectivity index is 1.79. The van der Waals surface area contributed by atoms with E-state index in [-0.39, 0.29) is 12.1 Å². The molecule has 3 aromatic rings. The maximum atomic E-state index is 12.5. The number of nitrogens with one attached hydrogen (secondary N) is 1. The average molecular weight is 369 g/mol. The quantitative estimate of drug-likeness (QED) is 0.697. The molecular weight excluding hydrogens is 348 g/mol. The van der Waals surface area contributed by atoms with E-state index in [9.17, 15) is 4.79 Å². The second-order valence-electron chi connectivity index (χ2n) is 6.55. The SMILES string of the molecule is CCOC(=O)N1CCc2c([nH]c3ccc(Cl)cc23)C1Cc1ccccc1. The smallest absolute Gasteiger partial charge is 0.410 e. The molecule has 5 heteroatoms. The predicted octanol–water partition coefficient (Wildman–Crippen LogP) is 5.12. The highest BCUT2D eigenvalue weighted by molar-refractivity contribution is 6.31. The summed E-state index contributed by atoms with van der Waals surface area (Å²) in [5.41, 5.74) is 4.59. The van der Waals surface area contributed by atoms with Gasteiger partial charge in [-0.05, 0) is 49.1 Å². The van der Waals surface area contributed by atoms with Crippen LogP contribution in [0.4, 0.5) is 4.79 Å². The zero-order valence-corrected chi connectivity index (χ0v) is 15.4. The van der Waals surface area contributed by atoms with Crippen molar-refractivity contribution in [2.24, 2.45) is 0 Å². The van der Waals surface area contributed by atoms with E-state index in [1.165, 1.54) is 11.1 Å². The molecule has 1 aromatic heterocycles. The van der Waals surface area contributed by atoms with Gasteiger partial charge in [0.2, 0.25) is 0 Å². The molecule has 4 nitrogen and oxygen atoms in total. The molecule has 1 N–H and O–H groups in total. The number of hydrogen-bond donors (Lipinski definition) is 1. The zero-order valence-electron chi connectivity index (χ0n) is 14.7. The number of aromatic amines is 1. The van der Waals surface area contributed by atoms with Crippen LogP contribution in [0.25, 0.3) is 10.9 Å². The van der Waals surface area contributed by atoms with Gasteiger partial charge in [0.25, 0.3) is 0 Å². The molecule has 0 fully saturated rings. The number of ether oxygens (including phenoxy) is 1. The maximum Gasteiger partial charge on any atom is 0.410 e. The molecule has 134 valence electrons. The highest BCUT2D eigenvalue weighted by Gasteiger charge is 2.34. The van der Waals surface area contributed by atoms with Crippen LogP contribution in [0.15, 0.2) is 48.5 Å². The molecule has 0 saturated heterocycles. The number of benzene rings is 2. The number of rotatable bonds is 3. The van der Waals surface area contributed by atoms with Gasteiger partial charge in [-0.15, -0.1) is 0 Å². The number of nitrogens with zero attached hydrogens (tertiary/aromatic N) is 1. The van der Waals surface area contributed by atoms with Crippen LogP contribution in [-0.2, 0) is 17.6 Å². The summed E-state index contributed by atoms with van der Waals surface area (Å²) in [5, 5.41) is 1.88. The van der Waals surface area contributed by atoms with Gasteiger partial charge in [0.1, 0.15) is 0 Å². The van der Waals surface area contributed by atoms with E-state index in [0.29, 0.717) is 13.2 Å². The van der Waals surface area contributed by atoms with Gasteiger partial charge in [0.05, 0.1) is 12.6 Å². The molecule has 2 aromatic carbocycles. The Kier molecular flexibility index (Phi) is 4.60. The van der Waals surface area contributed by atoms with Gasteiger partial charge in [-0.25, -0.2) is 4.79 Å². The molecule has 0 aliphatic carbocycles. The number of halogens is 1. The molecule has 26 heavy (non-hydrogen) atoms. The number of H-pyrrole nitrogens is 1. The minimum absolute atomic E-state index is 0.0774. The van der Waals surface area contributed by atoms with Crippen LogP contribution < -0.4 is 0 Å². The Morgan fingerprint density at radius 3 is 2.85 bits per heavy atom. The van der Waals surface area contributed by atoms with Gasteiger partial charge in [-0.3, -0.25) is 4.90 Å². The van der Waals surface area contributed by atoms with Crippen molar-refractivity contribution in [1.29, 1.82) is 0 Å². The minimum atomic E-state index is -0.254. The third-order valence-electron chi connectivity index (χ3n) is 4.99. The Bertz CT molecular complexity index is 936. The lowest BCUT2D eigenvalue weighted by Gasteiger charge is -2.35. The number of carbonyl (C=O) groups is 1. The largest absolute Gasteiger partial charge is 0.450 e. The molecule has 0 radical (unpaired) electrons. The number of aromatic nitrogens is 1. The van der Waals surface area contributed by atoms with Gasteiger partial charge < -0.3 is 9.72 Å². The zero-order chi connectivity index (χ0) is 18.1. The molecule has 1 aliphatic rings. The van der Waals surface area contributed by atoms with Crippen molar-refractivity contribution in [3.05, 3.63) is 70.4 Å². The highest BCUT2D eigenvalue weighted by Crippen LogP contribution is 2.37. The van der Waals surface area contributed by atoms with E-state index in [4.69, 9.17) is 16.3 Å². The Morgan fingerprint density at radius 1 is 1.27 bits per heavy atom. The molecule has 1 atom stereocenters. The fourth-order valence-electron chi connectivity index (χ4n) is 3.81. The second kappa shape index (κ2) is 7.04. The van der Waals surface area contributed by atoms with Crippen molar-refractivity contribution >= 4 is 28.6 Å². The second-order valence-corrected chi connectivity index (χ2v) is 6.99. The molecule has 1 aliphatic heterocycles. The van der Waals surface area contributed by atoms with Gasteiger partial charge in [0.15, 0.2) is 0 Å². The summed E-state index contributed by atoms with van der Waals surface area (Å²) in [6.45, 7) is 2.86. The molecular formula is C21H21ClN2O2. The van der Waals surface area contributed by atoms with E-state index in [0.717, 1.165) is 34.5 Å². The van der Waals surface area contributed by atoms with Gasteiger partial charge in [-0.1, -0.05) is 41.9 Å². The van der Waals surface area contributed by atoms with E-state index < -0.39 is 0 Å². The molecule has 2 heterocycles. The van der Waals surface area contributed by atoms with Gasteiger partial charge in [0, 0.05) is 28.2 Å². The summed E-state index contributed by atoms with van der Waals surface area (Å²) < 4.78 is 5.31. The van der Waals surface area contributed by atoms with Crippen LogP contribution in [0.5, 0.6) is 0 Å². The molecule has 4 rings (SSSR count). The molecule has 0 saturated carbocycles. The minimum Gasteiger partial charge on any atom is -0.450 e. The third kappa shape index (κ3) is 3.06. The fraction of sp³-hybridized carbons (Fsp3) is 0.286. The number of fused-ring (bicyclic) bond motifs is 3. The summed E-state index contributed by atoms with van der Waals surface area (Å²) in [4.78, 5) is 17.9. The van der Waals surface area contributed by atoms with Crippen LogP contribution in [0.1, 0.15) is 29.8 Å². The highest BCUT2D eigenvalue weighted by atomic mass is 35.5. The van der Waals surface area contributed by atoms with Crippen LogP contribution >= 0.6 is 11.6 Å². The number of carbonyl (C=O) groups excluding carboxylic acids is 1. The number of hydrogen-bond acceptors (Lipinski definition) is 2. The van der Waals surface area contributed by atoms with Crippen molar-refractivity contribution in [3.63, 3.8) is 0 Å². The normalized spacial score (nSPS) is 16.5. The summed E-state index contributed by atoms with van der Waals surface area (Å²) in [7, 11) is 0. The van der Waals surface area contributed by atoms with Crippen molar-refractivity contribution in [2.75, 3.05) is 13.2 Å². The maximum absolute atomic E-state index is 12.5. The first-order valence-electron chi connectivity index (χ1n) is 8.94. The molecule has 1 amide bonds. The van der Waals surface area contributed by atoms with Gasteiger partial charge in [-0.2, -0.15) is 0 Å². The first kappa shape index (κ1) is 17.0. The first-order chi connectivity index (χ1) is 12.7. The topological polar surface area (TPSA) is 45.3 Å². The van der Waals surface area contributed by atoms with Crippen LogP contribution in [0.3, 0.4) is 0 Å². The van der Waals surface area contributed by atoms with E-state index in [1.54, 1.807) is 0 Å². The van der Waals surface area contributed by atoms with Crippen molar-refractivity contribution in [3.8, 4) is 0 Å². The van der Waals surface area contributed by atoms with Gasteiger partial charge >= 0.3 is 6.09 Å². The Labute approximate surface area is 157 Å². The monoisotopic (exact) mass is 368 g/mol. The van der Waals surface area contributed by atoms with Crippen LogP contribution in [-0.4, -0.2) is 29.1 Å². The first-order valence-corrected chi connectivity index (χ1v) is 9.32. The van der Waals surface area contributed by atoms with Crippen molar-refractivity contribution in [2.45, 2.75) is 25.8 Å². The lowest BCUT2D eigenvalue weighted by Crippen LogP contribution is -2.41. The van der Waals surface area contributed by atoms with Crippen LogP contribution in [0.2, 0.25) is 5.02 Å². The predicted molar refractivity (Wildman–Crippen MR) is 104 cm³/mol. The molecule has 1 unspecified atom stereocenters. The lowest BCUT2D eigenvalue weighted by atomic mass is 9.93. The summed E-state index contributed by atoms with van der Waals surface area (Å²) in [6.07, 6.45) is 1.28. The summed E-state index contributed by atoms with van der Waals surface area (Å²) in [5.74, 6) is 0. The van der Waals surface area contributed by atoms with E-state index in [2.05, 4.69) is 17.1 Å². The lowest BCUT2D eigenvalue weighted by molar-refractivity contribution is 0.0857. The average Bonchev–Trinajstić information content (AvgIpc) is 3.01. The summed E-state index contributed by atoms with van der Waals surface area (Å²) in [6, 6.07) is 16.1. The van der Waals surface area contributed by atoms with Crippen molar-refractivity contribution < 1.29 is 9.53 Å². The molecule has 0 spiro atoms. The Morgan fingerprint density at radius 2 is 2.08 bits per heavy atom. The van der Waals surface area contributed by atoms with E-state index >= 15 is 0 Å². The third-order valence-corrected chi connectivity index (χ3v) is 5.22. The van der Waals surface area contributed by atoms with Crippen molar-refractivity contribution in [1.82, 2.24) is 9.88 Å². The number of amides is 1. The fourth-order valence-corrected chi connectivity index (χ4v) is 3.99. The summed E-state index contributed by atoms with van der Waals surface area (Å²) >= 11 is 6.21. The Hall–Kier alpha value is -2.46. The van der Waals surface area contributed by atoms with Crippen LogP contribution in [0, 0.1) is 0 Å². The standard InChI is InChI=1S/C21H21ClN2O2/c1-2-26-21(25)24-11-10-16-17-13-15(22)8-9-18(17)23-20(16)19(24)12-14-6-4-3-5-7-14/h3-9,13,19,23H,2,10-12H2,1H3. The van der Waals surface area contributed by atoms with E-state index in [1.807, 2.05) is 48.2 Å².